The average Bonchev–Trinajstić information content (AvgIpc) is 2.65. The lowest BCUT2D eigenvalue weighted by Crippen LogP contribution is -1.88. The molecule has 3 aromatic carbocycles. The normalized spacial score (nSPS) is 9.81. The molecule has 0 heterocycles. The van der Waals surface area contributed by atoms with E-state index in [4.69, 9.17) is 0 Å². The summed E-state index contributed by atoms with van der Waals surface area (Å²) in [6.07, 6.45) is 0. The molecule has 0 spiro atoms. The first-order valence-electron chi connectivity index (χ1n) is 7.83. The van der Waals surface area contributed by atoms with Crippen molar-refractivity contribution >= 4 is 23.1 Å². The molecule has 0 saturated heterocycles. The Balaban J connectivity index is 1.87. The predicted molar refractivity (Wildman–Crippen MR) is 104 cm³/mol. The number of nitrogens with zero attached hydrogens (tertiary/aromatic N) is 1. The maximum atomic E-state index is 14.2. The number of hydrogen-bond acceptors (Lipinski definition) is 2. The highest BCUT2D eigenvalue weighted by molar-refractivity contribution is 7.78. The van der Waals surface area contributed by atoms with Gasteiger partial charge in [-0.1, -0.05) is 41.7 Å². The summed E-state index contributed by atoms with van der Waals surface area (Å²) in [6, 6.07) is 17.0. The highest BCUT2D eigenvalue weighted by atomic mass is 32.1. The van der Waals surface area contributed by atoms with Crippen LogP contribution in [0.4, 0.5) is 14.5 Å². The number of aryl methyl sites for hydroxylation is 1. The van der Waals surface area contributed by atoms with Gasteiger partial charge in [0.05, 0.1) is 5.16 Å². The minimum absolute atomic E-state index is 0.156. The second kappa shape index (κ2) is 7.84. The summed E-state index contributed by atoms with van der Waals surface area (Å²) < 4.78 is 28.2. The minimum Gasteiger partial charge on any atom is -0.206 e. The highest BCUT2D eigenvalue weighted by Gasteiger charge is 2.11. The predicted octanol–water partition coefficient (Wildman–Crippen LogP) is 6.07. The van der Waals surface area contributed by atoms with Gasteiger partial charge >= 0.3 is 0 Å². The molecule has 0 radical (unpaired) electrons. The van der Waals surface area contributed by atoms with Crippen LogP contribution >= 0.6 is 12.2 Å². The van der Waals surface area contributed by atoms with Crippen molar-refractivity contribution in [1.29, 1.82) is 0 Å². The lowest BCUT2D eigenvalue weighted by molar-refractivity contribution is 0.605. The molecule has 1 nitrogen and oxygen atoms in total. The Morgan fingerprint density at radius 3 is 1.96 bits per heavy atom. The molecule has 126 valence electrons. The van der Waals surface area contributed by atoms with Crippen molar-refractivity contribution in [2.24, 2.45) is 4.99 Å². The van der Waals surface area contributed by atoms with Crippen LogP contribution in [0.15, 0.2) is 65.7 Å². The number of aliphatic imine (C=N–C) groups is 1. The molecule has 0 aliphatic heterocycles. The van der Waals surface area contributed by atoms with Gasteiger partial charge in [0.1, 0.15) is 17.3 Å². The molecule has 3 rings (SSSR count). The summed E-state index contributed by atoms with van der Waals surface area (Å²) >= 11 is 4.43. The van der Waals surface area contributed by atoms with Crippen LogP contribution in [0.25, 0.3) is 11.1 Å². The second-order valence-electron chi connectivity index (χ2n) is 5.68. The van der Waals surface area contributed by atoms with Gasteiger partial charge in [-0.15, -0.1) is 0 Å². The molecule has 0 saturated carbocycles. The fourth-order valence-electron chi connectivity index (χ4n) is 2.41. The van der Waals surface area contributed by atoms with E-state index in [0.29, 0.717) is 5.56 Å². The van der Waals surface area contributed by atoms with Gasteiger partial charge in [0.15, 0.2) is 0 Å². The molecule has 3 aromatic rings. The van der Waals surface area contributed by atoms with Gasteiger partial charge in [-0.2, -0.15) is 4.99 Å². The molecule has 0 N–H and O–H groups in total. The maximum absolute atomic E-state index is 14.2. The Bertz CT molecular complexity index is 1050. The largest absolute Gasteiger partial charge is 0.206 e. The van der Waals surface area contributed by atoms with Gasteiger partial charge in [0.25, 0.3) is 0 Å². The summed E-state index contributed by atoms with van der Waals surface area (Å²) in [5.74, 6) is 4.91. The molecule has 0 aromatic heterocycles. The third-order valence-corrected chi connectivity index (χ3v) is 3.89. The zero-order chi connectivity index (χ0) is 18.5. The summed E-state index contributed by atoms with van der Waals surface area (Å²) in [4.78, 5) is 3.51. The summed E-state index contributed by atoms with van der Waals surface area (Å²) in [5.41, 5.74) is 3.43. The Kier molecular flexibility index (Phi) is 5.34. The van der Waals surface area contributed by atoms with E-state index < -0.39 is 11.6 Å². The van der Waals surface area contributed by atoms with Crippen molar-refractivity contribution in [1.82, 2.24) is 0 Å². The van der Waals surface area contributed by atoms with Crippen LogP contribution in [0.2, 0.25) is 0 Å². The molecule has 26 heavy (non-hydrogen) atoms. The van der Waals surface area contributed by atoms with E-state index in [2.05, 4.69) is 29.1 Å². The van der Waals surface area contributed by atoms with Crippen LogP contribution in [0.3, 0.4) is 0 Å². The molecule has 0 aliphatic rings. The molecule has 0 amide bonds. The van der Waals surface area contributed by atoms with E-state index in [1.165, 1.54) is 5.56 Å². The number of benzene rings is 3. The highest BCUT2D eigenvalue weighted by Crippen LogP contribution is 2.29. The summed E-state index contributed by atoms with van der Waals surface area (Å²) in [5, 5.41) is 2.04. The lowest BCUT2D eigenvalue weighted by Gasteiger charge is -2.05. The van der Waals surface area contributed by atoms with Gasteiger partial charge in [-0.3, -0.25) is 0 Å². The molecular formula is C22H13F2NS. The Labute approximate surface area is 156 Å². The molecular weight excluding hydrogens is 348 g/mol. The van der Waals surface area contributed by atoms with Crippen molar-refractivity contribution < 1.29 is 8.78 Å². The fourth-order valence-corrected chi connectivity index (χ4v) is 2.51. The lowest BCUT2D eigenvalue weighted by atomic mass is 10.0. The zero-order valence-electron chi connectivity index (χ0n) is 13.9. The fraction of sp³-hybridized carbons (Fsp3) is 0.0455. The number of halogens is 2. The molecule has 0 unspecified atom stereocenters. The van der Waals surface area contributed by atoms with Crippen LogP contribution in [-0.2, 0) is 0 Å². The third kappa shape index (κ3) is 4.10. The SMILES string of the molecule is Cc1ccc(C#Cc2ccc(-c3cc(F)c(N=C=S)cc3F)cc2)cc1. The van der Waals surface area contributed by atoms with Gasteiger partial charge in [-0.05, 0) is 55.0 Å². The van der Waals surface area contributed by atoms with Gasteiger partial charge < -0.3 is 0 Å². The smallest absolute Gasteiger partial charge is 0.150 e. The minimum atomic E-state index is -0.651. The topological polar surface area (TPSA) is 12.4 Å². The number of thiocarbonyl (C=S) groups is 1. The van der Waals surface area contributed by atoms with Crippen molar-refractivity contribution in [3.63, 3.8) is 0 Å². The number of rotatable bonds is 2. The first kappa shape index (κ1) is 17.7. The Hall–Kier alpha value is -3.12. The van der Waals surface area contributed by atoms with Gasteiger partial charge in [0.2, 0.25) is 0 Å². The molecule has 0 bridgehead atoms. The zero-order valence-corrected chi connectivity index (χ0v) is 14.7. The average molecular weight is 361 g/mol. The Morgan fingerprint density at radius 1 is 0.808 bits per heavy atom. The van der Waals surface area contributed by atoms with E-state index in [0.717, 1.165) is 23.3 Å². The number of isothiocyanates is 1. The summed E-state index contributed by atoms with van der Waals surface area (Å²) in [7, 11) is 0. The summed E-state index contributed by atoms with van der Waals surface area (Å²) in [6.45, 7) is 2.02. The first-order chi connectivity index (χ1) is 12.6. The third-order valence-electron chi connectivity index (χ3n) is 3.80. The van der Waals surface area contributed by atoms with E-state index in [1.54, 1.807) is 24.3 Å². The van der Waals surface area contributed by atoms with Crippen LogP contribution in [0, 0.1) is 30.4 Å². The maximum Gasteiger partial charge on any atom is 0.150 e. The van der Waals surface area contributed by atoms with Gasteiger partial charge in [-0.25, -0.2) is 8.78 Å². The van der Waals surface area contributed by atoms with E-state index in [9.17, 15) is 8.78 Å². The first-order valence-corrected chi connectivity index (χ1v) is 8.23. The van der Waals surface area contributed by atoms with E-state index in [-0.39, 0.29) is 11.3 Å². The standard InChI is InChI=1S/C22H13F2NS/c1-15-2-4-16(5-3-15)6-7-17-8-10-18(11-9-17)19-12-21(24)22(25-14-26)13-20(19)23/h2-5,8-13H,1H3. The van der Waals surface area contributed by atoms with Crippen molar-refractivity contribution in [2.45, 2.75) is 6.92 Å². The van der Waals surface area contributed by atoms with Gasteiger partial charge in [0, 0.05) is 22.8 Å². The monoisotopic (exact) mass is 361 g/mol. The van der Waals surface area contributed by atoms with E-state index >= 15 is 0 Å². The molecule has 0 atom stereocenters. The van der Waals surface area contributed by atoms with Crippen molar-refractivity contribution in [3.05, 3.63) is 89.0 Å². The van der Waals surface area contributed by atoms with Crippen molar-refractivity contribution in [3.8, 4) is 23.0 Å². The van der Waals surface area contributed by atoms with E-state index in [1.807, 2.05) is 36.4 Å². The molecule has 0 fully saturated rings. The van der Waals surface area contributed by atoms with Crippen molar-refractivity contribution in [2.75, 3.05) is 0 Å². The molecule has 4 heteroatoms. The van der Waals surface area contributed by atoms with Crippen LogP contribution in [0.5, 0.6) is 0 Å². The molecule has 0 aliphatic carbocycles. The van der Waals surface area contributed by atoms with Crippen LogP contribution in [-0.4, -0.2) is 5.16 Å². The second-order valence-corrected chi connectivity index (χ2v) is 5.86. The van der Waals surface area contributed by atoms with Crippen LogP contribution in [0.1, 0.15) is 16.7 Å². The van der Waals surface area contributed by atoms with Crippen LogP contribution < -0.4 is 0 Å². The Morgan fingerprint density at radius 2 is 1.38 bits per heavy atom. The number of hydrogen-bond donors (Lipinski definition) is 0. The quantitative estimate of drug-likeness (QED) is 0.306.